The highest BCUT2D eigenvalue weighted by atomic mass is 19.1. The number of rotatable bonds is 2. The SMILES string of the molecule is CNc1cc(C)c(F)c([N+](=O)[O-])c1. The average molecular weight is 184 g/mol. The summed E-state index contributed by atoms with van der Waals surface area (Å²) in [5.74, 6) is -0.774. The van der Waals surface area contributed by atoms with Crippen LogP contribution < -0.4 is 5.32 Å². The minimum absolute atomic E-state index is 0.263. The van der Waals surface area contributed by atoms with Crippen LogP contribution >= 0.6 is 0 Å². The van der Waals surface area contributed by atoms with Gasteiger partial charge in [0.05, 0.1) is 4.92 Å². The summed E-state index contributed by atoms with van der Waals surface area (Å²) in [4.78, 5) is 9.65. The van der Waals surface area contributed by atoms with E-state index in [1.165, 1.54) is 19.1 Å². The van der Waals surface area contributed by atoms with Crippen molar-refractivity contribution in [2.24, 2.45) is 0 Å². The standard InChI is InChI=1S/C8H9FN2O2/c1-5-3-6(10-2)4-7(8(5)9)11(12)13/h3-4,10H,1-2H3. The van der Waals surface area contributed by atoms with Gasteiger partial charge in [-0.25, -0.2) is 0 Å². The maximum absolute atomic E-state index is 13.1. The van der Waals surface area contributed by atoms with Crippen molar-refractivity contribution >= 4 is 11.4 Å². The summed E-state index contributed by atoms with van der Waals surface area (Å²) in [6, 6.07) is 2.69. The van der Waals surface area contributed by atoms with Crippen molar-refractivity contribution in [3.05, 3.63) is 33.6 Å². The Labute approximate surface area is 74.5 Å². The van der Waals surface area contributed by atoms with Gasteiger partial charge in [0.2, 0.25) is 5.82 Å². The monoisotopic (exact) mass is 184 g/mol. The Bertz CT molecular complexity index is 352. The molecule has 0 aromatic heterocycles. The van der Waals surface area contributed by atoms with Crippen LogP contribution in [0.4, 0.5) is 15.8 Å². The van der Waals surface area contributed by atoms with Crippen molar-refractivity contribution in [3.63, 3.8) is 0 Å². The quantitative estimate of drug-likeness (QED) is 0.565. The fourth-order valence-corrected chi connectivity index (χ4v) is 1.03. The van der Waals surface area contributed by atoms with Crippen LogP contribution in [-0.2, 0) is 0 Å². The molecule has 13 heavy (non-hydrogen) atoms. The van der Waals surface area contributed by atoms with E-state index >= 15 is 0 Å². The van der Waals surface area contributed by atoms with E-state index in [-0.39, 0.29) is 5.56 Å². The van der Waals surface area contributed by atoms with Gasteiger partial charge in [-0.1, -0.05) is 0 Å². The van der Waals surface area contributed by atoms with Crippen molar-refractivity contribution in [1.29, 1.82) is 0 Å². The highest BCUT2D eigenvalue weighted by Crippen LogP contribution is 2.24. The van der Waals surface area contributed by atoms with E-state index in [4.69, 9.17) is 0 Å². The molecule has 1 aromatic carbocycles. The van der Waals surface area contributed by atoms with Gasteiger partial charge in [-0.3, -0.25) is 10.1 Å². The van der Waals surface area contributed by atoms with Crippen molar-refractivity contribution < 1.29 is 9.31 Å². The number of aryl methyl sites for hydroxylation is 1. The smallest absolute Gasteiger partial charge is 0.307 e. The molecule has 0 spiro atoms. The van der Waals surface area contributed by atoms with Gasteiger partial charge in [-0.15, -0.1) is 0 Å². The number of nitro groups is 1. The molecule has 5 heteroatoms. The first-order valence-corrected chi connectivity index (χ1v) is 3.68. The molecule has 0 saturated heterocycles. The second-order valence-electron chi connectivity index (χ2n) is 2.63. The Kier molecular flexibility index (Phi) is 2.46. The molecule has 0 atom stereocenters. The third kappa shape index (κ3) is 1.74. The molecule has 70 valence electrons. The zero-order valence-electron chi connectivity index (χ0n) is 7.30. The lowest BCUT2D eigenvalue weighted by atomic mass is 10.2. The van der Waals surface area contributed by atoms with Crippen molar-refractivity contribution in [3.8, 4) is 0 Å². The van der Waals surface area contributed by atoms with Crippen LogP contribution in [0.1, 0.15) is 5.56 Å². The molecule has 0 saturated carbocycles. The molecule has 0 heterocycles. The van der Waals surface area contributed by atoms with Crippen LogP contribution in [0.15, 0.2) is 12.1 Å². The molecule has 1 rings (SSSR count). The van der Waals surface area contributed by atoms with E-state index in [1.54, 1.807) is 7.05 Å². The largest absolute Gasteiger partial charge is 0.388 e. The second kappa shape index (κ2) is 3.38. The molecular formula is C8H9FN2O2. The minimum atomic E-state index is -0.774. The van der Waals surface area contributed by atoms with E-state index < -0.39 is 16.4 Å². The van der Waals surface area contributed by atoms with E-state index in [1.807, 2.05) is 0 Å². The van der Waals surface area contributed by atoms with Crippen LogP contribution in [0, 0.1) is 22.9 Å². The summed E-state index contributed by atoms with van der Waals surface area (Å²) in [6.07, 6.45) is 0. The van der Waals surface area contributed by atoms with Crippen LogP contribution in [0.3, 0.4) is 0 Å². The number of halogens is 1. The molecule has 0 aliphatic heterocycles. The average Bonchev–Trinajstić information content (AvgIpc) is 2.09. The van der Waals surface area contributed by atoms with Gasteiger partial charge in [0.15, 0.2) is 0 Å². The van der Waals surface area contributed by atoms with Crippen LogP contribution in [0.25, 0.3) is 0 Å². The molecule has 0 aliphatic carbocycles. The van der Waals surface area contributed by atoms with Crippen molar-refractivity contribution in [2.75, 3.05) is 12.4 Å². The summed E-state index contributed by atoms with van der Waals surface area (Å²) in [5.41, 5.74) is 0.300. The first kappa shape index (κ1) is 9.44. The summed E-state index contributed by atoms with van der Waals surface area (Å²) in [7, 11) is 1.62. The molecule has 4 nitrogen and oxygen atoms in total. The summed E-state index contributed by atoms with van der Waals surface area (Å²) >= 11 is 0. The lowest BCUT2D eigenvalue weighted by Crippen LogP contribution is -1.97. The van der Waals surface area contributed by atoms with Crippen LogP contribution in [0.5, 0.6) is 0 Å². The minimum Gasteiger partial charge on any atom is -0.388 e. The summed E-state index contributed by atoms with van der Waals surface area (Å²) in [6.45, 7) is 1.49. The van der Waals surface area contributed by atoms with Gasteiger partial charge < -0.3 is 5.32 Å². The molecular weight excluding hydrogens is 175 g/mol. The van der Waals surface area contributed by atoms with Gasteiger partial charge >= 0.3 is 5.69 Å². The van der Waals surface area contributed by atoms with Crippen LogP contribution in [-0.4, -0.2) is 12.0 Å². The number of nitrogens with zero attached hydrogens (tertiary/aromatic N) is 1. The van der Waals surface area contributed by atoms with Crippen molar-refractivity contribution in [1.82, 2.24) is 0 Å². The maximum Gasteiger partial charge on any atom is 0.307 e. The number of anilines is 1. The van der Waals surface area contributed by atoms with Crippen molar-refractivity contribution in [2.45, 2.75) is 6.92 Å². The number of hydrogen-bond acceptors (Lipinski definition) is 3. The van der Waals surface area contributed by atoms with Gasteiger partial charge in [0, 0.05) is 18.8 Å². The fourth-order valence-electron chi connectivity index (χ4n) is 1.03. The third-order valence-electron chi connectivity index (χ3n) is 1.72. The molecule has 0 amide bonds. The lowest BCUT2D eigenvalue weighted by Gasteiger charge is -2.02. The number of hydrogen-bond donors (Lipinski definition) is 1. The van der Waals surface area contributed by atoms with Crippen LogP contribution in [0.2, 0.25) is 0 Å². The molecule has 1 N–H and O–H groups in total. The molecule has 0 bridgehead atoms. The van der Waals surface area contributed by atoms with E-state index in [2.05, 4.69) is 5.32 Å². The number of nitro benzene ring substituents is 1. The molecule has 0 unspecified atom stereocenters. The second-order valence-corrected chi connectivity index (χ2v) is 2.63. The van der Waals surface area contributed by atoms with Gasteiger partial charge in [0.1, 0.15) is 0 Å². The normalized spacial score (nSPS) is 9.77. The predicted molar refractivity (Wildman–Crippen MR) is 47.3 cm³/mol. The Hall–Kier alpha value is -1.65. The Morgan fingerprint density at radius 2 is 2.15 bits per heavy atom. The maximum atomic E-state index is 13.1. The zero-order valence-corrected chi connectivity index (χ0v) is 7.30. The lowest BCUT2D eigenvalue weighted by molar-refractivity contribution is -0.387. The summed E-state index contributed by atoms with van der Waals surface area (Å²) in [5, 5.41) is 13.1. The van der Waals surface area contributed by atoms with E-state index in [9.17, 15) is 14.5 Å². The number of benzene rings is 1. The first-order chi connectivity index (χ1) is 6.06. The van der Waals surface area contributed by atoms with E-state index in [0.29, 0.717) is 5.69 Å². The molecule has 1 aromatic rings. The highest BCUT2D eigenvalue weighted by Gasteiger charge is 2.16. The third-order valence-corrected chi connectivity index (χ3v) is 1.72. The van der Waals surface area contributed by atoms with Gasteiger partial charge in [-0.05, 0) is 18.6 Å². The molecule has 0 fully saturated rings. The topological polar surface area (TPSA) is 55.2 Å². The molecule has 0 radical (unpaired) electrons. The van der Waals surface area contributed by atoms with E-state index in [0.717, 1.165) is 0 Å². The predicted octanol–water partition coefficient (Wildman–Crippen LogP) is 2.08. The zero-order chi connectivity index (χ0) is 10.0. The first-order valence-electron chi connectivity index (χ1n) is 3.68. The number of nitrogens with one attached hydrogen (secondary N) is 1. The Morgan fingerprint density at radius 3 is 2.62 bits per heavy atom. The highest BCUT2D eigenvalue weighted by molar-refractivity contribution is 5.54. The molecule has 0 aliphatic rings. The Balaban J connectivity index is 3.33. The van der Waals surface area contributed by atoms with Gasteiger partial charge in [-0.2, -0.15) is 4.39 Å². The fraction of sp³-hybridized carbons (Fsp3) is 0.250. The Morgan fingerprint density at radius 1 is 1.54 bits per heavy atom. The summed E-state index contributed by atoms with van der Waals surface area (Å²) < 4.78 is 13.1. The van der Waals surface area contributed by atoms with Gasteiger partial charge in [0.25, 0.3) is 0 Å².